The molecule has 0 spiro atoms. The Bertz CT molecular complexity index is 476. The molecule has 1 N–H and O–H groups in total. The molecule has 1 amide bonds. The van der Waals surface area contributed by atoms with Gasteiger partial charge in [0, 0.05) is 5.69 Å². The zero-order valence-corrected chi connectivity index (χ0v) is 14.5. The summed E-state index contributed by atoms with van der Waals surface area (Å²) in [6.45, 7) is 11.3. The molecule has 2 rings (SSSR count). The number of rotatable bonds is 5. The van der Waals surface area contributed by atoms with E-state index < -0.39 is 0 Å². The van der Waals surface area contributed by atoms with Crippen molar-refractivity contribution >= 4 is 11.6 Å². The number of amides is 1. The molecule has 3 nitrogen and oxygen atoms in total. The highest BCUT2D eigenvalue weighted by Crippen LogP contribution is 2.32. The van der Waals surface area contributed by atoms with Gasteiger partial charge in [0.1, 0.15) is 0 Å². The quantitative estimate of drug-likeness (QED) is 0.876. The van der Waals surface area contributed by atoms with Crippen molar-refractivity contribution in [1.29, 1.82) is 0 Å². The molecule has 1 fully saturated rings. The van der Waals surface area contributed by atoms with Crippen molar-refractivity contribution in [2.24, 2.45) is 0 Å². The van der Waals surface area contributed by atoms with E-state index in [1.165, 1.54) is 30.4 Å². The van der Waals surface area contributed by atoms with Gasteiger partial charge in [-0.1, -0.05) is 52.3 Å². The van der Waals surface area contributed by atoms with E-state index in [9.17, 15) is 4.79 Å². The summed E-state index contributed by atoms with van der Waals surface area (Å²) in [5.41, 5.74) is 3.51. The van der Waals surface area contributed by atoms with Gasteiger partial charge < -0.3 is 5.32 Å². The molecule has 0 bridgehead atoms. The van der Waals surface area contributed by atoms with E-state index in [1.54, 1.807) is 0 Å². The van der Waals surface area contributed by atoms with Gasteiger partial charge in [-0.05, 0) is 48.9 Å². The third kappa shape index (κ3) is 4.33. The molecule has 3 heteroatoms. The lowest BCUT2D eigenvalue weighted by Crippen LogP contribution is -2.37. The maximum absolute atomic E-state index is 12.5. The first-order valence-corrected chi connectivity index (χ1v) is 8.64. The van der Waals surface area contributed by atoms with Crippen molar-refractivity contribution in [3.8, 4) is 0 Å². The van der Waals surface area contributed by atoms with E-state index >= 15 is 0 Å². The molecule has 0 atom stereocenters. The molecule has 0 unspecified atom stereocenters. The predicted molar refractivity (Wildman–Crippen MR) is 93.5 cm³/mol. The minimum Gasteiger partial charge on any atom is -0.324 e. The lowest BCUT2D eigenvalue weighted by Gasteiger charge is -2.26. The number of hydrogen-bond donors (Lipinski definition) is 1. The Morgan fingerprint density at radius 2 is 1.59 bits per heavy atom. The fraction of sp³-hybridized carbons (Fsp3) is 0.632. The second-order valence-electron chi connectivity index (χ2n) is 7.01. The zero-order chi connectivity index (χ0) is 16.1. The van der Waals surface area contributed by atoms with Crippen LogP contribution in [-0.4, -0.2) is 30.4 Å². The van der Waals surface area contributed by atoms with Crippen molar-refractivity contribution in [1.82, 2.24) is 4.90 Å². The monoisotopic (exact) mass is 302 g/mol. The topological polar surface area (TPSA) is 32.3 Å². The van der Waals surface area contributed by atoms with Gasteiger partial charge in [0.15, 0.2) is 0 Å². The molecular formula is C19H30N2O. The van der Waals surface area contributed by atoms with Crippen LogP contribution < -0.4 is 5.32 Å². The fourth-order valence-corrected chi connectivity index (χ4v) is 3.19. The first-order chi connectivity index (χ1) is 10.5. The normalized spacial score (nSPS) is 16.3. The standard InChI is InChI=1S/C19H30N2O/c1-14(2)16-9-8-10-17(15(3)4)19(16)20-18(22)13-21-11-6-5-7-12-21/h8-10,14-15H,5-7,11-13H2,1-4H3,(H,20,22). The van der Waals surface area contributed by atoms with Gasteiger partial charge in [0.05, 0.1) is 6.54 Å². The van der Waals surface area contributed by atoms with Gasteiger partial charge >= 0.3 is 0 Å². The van der Waals surface area contributed by atoms with E-state index in [1.807, 2.05) is 0 Å². The Kier molecular flexibility index (Phi) is 6.01. The molecule has 0 radical (unpaired) electrons. The van der Waals surface area contributed by atoms with Gasteiger partial charge in [0.25, 0.3) is 0 Å². The van der Waals surface area contributed by atoms with Gasteiger partial charge in [-0.2, -0.15) is 0 Å². The van der Waals surface area contributed by atoms with E-state index in [-0.39, 0.29) is 5.91 Å². The number of carbonyl (C=O) groups excluding carboxylic acids is 1. The van der Waals surface area contributed by atoms with E-state index in [4.69, 9.17) is 0 Å². The predicted octanol–water partition coefficient (Wildman–Crippen LogP) is 4.36. The number of hydrogen-bond acceptors (Lipinski definition) is 2. The van der Waals surface area contributed by atoms with Crippen molar-refractivity contribution in [2.45, 2.75) is 58.8 Å². The van der Waals surface area contributed by atoms with E-state index in [2.05, 4.69) is 56.1 Å². The van der Waals surface area contributed by atoms with Gasteiger partial charge in [-0.25, -0.2) is 0 Å². The molecule has 1 saturated heterocycles. The highest BCUT2D eigenvalue weighted by atomic mass is 16.2. The number of carbonyl (C=O) groups is 1. The average Bonchev–Trinajstić information content (AvgIpc) is 2.47. The molecule has 0 aromatic heterocycles. The van der Waals surface area contributed by atoms with E-state index in [0.717, 1.165) is 18.8 Å². The number of likely N-dealkylation sites (tertiary alicyclic amines) is 1. The van der Waals surface area contributed by atoms with Crippen LogP contribution in [0.15, 0.2) is 18.2 Å². The summed E-state index contributed by atoms with van der Waals surface area (Å²) in [6, 6.07) is 6.37. The number of piperidine rings is 1. The van der Waals surface area contributed by atoms with Crippen LogP contribution in [0.2, 0.25) is 0 Å². The van der Waals surface area contributed by atoms with Crippen LogP contribution in [0.3, 0.4) is 0 Å². The largest absolute Gasteiger partial charge is 0.324 e. The van der Waals surface area contributed by atoms with Crippen molar-refractivity contribution in [2.75, 3.05) is 25.0 Å². The fourth-order valence-electron chi connectivity index (χ4n) is 3.19. The number of para-hydroxylation sites is 1. The molecule has 22 heavy (non-hydrogen) atoms. The Balaban J connectivity index is 2.14. The molecular weight excluding hydrogens is 272 g/mol. The van der Waals surface area contributed by atoms with Crippen molar-refractivity contribution < 1.29 is 4.79 Å². The van der Waals surface area contributed by atoms with Crippen LogP contribution in [0.25, 0.3) is 0 Å². The molecule has 1 heterocycles. The van der Waals surface area contributed by atoms with Crippen LogP contribution in [-0.2, 0) is 4.79 Å². The smallest absolute Gasteiger partial charge is 0.238 e. The minimum absolute atomic E-state index is 0.122. The third-order valence-electron chi connectivity index (χ3n) is 4.45. The summed E-state index contributed by atoms with van der Waals surface area (Å²) in [5, 5.41) is 3.21. The lowest BCUT2D eigenvalue weighted by atomic mass is 9.92. The lowest BCUT2D eigenvalue weighted by molar-refractivity contribution is -0.117. The summed E-state index contributed by atoms with van der Waals surface area (Å²) in [7, 11) is 0. The molecule has 0 saturated carbocycles. The third-order valence-corrected chi connectivity index (χ3v) is 4.45. The molecule has 1 aliphatic rings. The van der Waals surface area contributed by atoms with Crippen LogP contribution >= 0.6 is 0 Å². The maximum Gasteiger partial charge on any atom is 0.238 e. The summed E-state index contributed by atoms with van der Waals surface area (Å²) < 4.78 is 0. The molecule has 1 aliphatic heterocycles. The number of nitrogens with zero attached hydrogens (tertiary/aromatic N) is 1. The summed E-state index contributed by atoms with van der Waals surface area (Å²) >= 11 is 0. The van der Waals surface area contributed by atoms with E-state index in [0.29, 0.717) is 18.4 Å². The first-order valence-electron chi connectivity index (χ1n) is 8.64. The van der Waals surface area contributed by atoms with Crippen LogP contribution in [0, 0.1) is 0 Å². The summed E-state index contributed by atoms with van der Waals surface area (Å²) in [6.07, 6.45) is 3.73. The van der Waals surface area contributed by atoms with Crippen molar-refractivity contribution in [3.63, 3.8) is 0 Å². The second-order valence-corrected chi connectivity index (χ2v) is 7.01. The van der Waals surface area contributed by atoms with Crippen LogP contribution in [0.1, 0.15) is 69.9 Å². The molecule has 122 valence electrons. The molecule has 1 aromatic rings. The van der Waals surface area contributed by atoms with Gasteiger partial charge in [-0.15, -0.1) is 0 Å². The van der Waals surface area contributed by atoms with Gasteiger partial charge in [-0.3, -0.25) is 9.69 Å². The Labute approximate surface area is 135 Å². The Hall–Kier alpha value is -1.35. The summed E-state index contributed by atoms with van der Waals surface area (Å²) in [5.74, 6) is 0.935. The van der Waals surface area contributed by atoms with Crippen LogP contribution in [0.5, 0.6) is 0 Å². The SMILES string of the molecule is CC(C)c1cccc(C(C)C)c1NC(=O)CN1CCCCC1. The van der Waals surface area contributed by atoms with Crippen LogP contribution in [0.4, 0.5) is 5.69 Å². The maximum atomic E-state index is 12.5. The first kappa shape index (κ1) is 17.0. The molecule has 1 aromatic carbocycles. The number of nitrogens with one attached hydrogen (secondary N) is 1. The highest BCUT2D eigenvalue weighted by molar-refractivity contribution is 5.94. The number of anilines is 1. The van der Waals surface area contributed by atoms with Gasteiger partial charge in [0.2, 0.25) is 5.91 Å². The second kappa shape index (κ2) is 7.77. The molecule has 0 aliphatic carbocycles. The number of benzene rings is 1. The average molecular weight is 302 g/mol. The Morgan fingerprint density at radius 1 is 1.05 bits per heavy atom. The minimum atomic E-state index is 0.122. The highest BCUT2D eigenvalue weighted by Gasteiger charge is 2.18. The Morgan fingerprint density at radius 3 is 2.09 bits per heavy atom. The van der Waals surface area contributed by atoms with Crippen molar-refractivity contribution in [3.05, 3.63) is 29.3 Å². The zero-order valence-electron chi connectivity index (χ0n) is 14.5. The summed E-state index contributed by atoms with van der Waals surface area (Å²) in [4.78, 5) is 14.7.